The molecule has 5 nitrogen and oxygen atoms in total. The Morgan fingerprint density at radius 3 is 2.44 bits per heavy atom. The largest absolute Gasteiger partial charge is 0.480 e. The SMILES string of the molecule is O=C(O)CN(C(=O)C1CCCNC1)C1CCCC1. The molecule has 18 heavy (non-hydrogen) atoms. The number of piperidine rings is 1. The highest BCUT2D eigenvalue weighted by molar-refractivity contribution is 5.83. The molecule has 1 aliphatic carbocycles. The molecule has 0 aromatic carbocycles. The summed E-state index contributed by atoms with van der Waals surface area (Å²) in [4.78, 5) is 25.0. The molecule has 1 aliphatic heterocycles. The number of hydrogen-bond acceptors (Lipinski definition) is 3. The summed E-state index contributed by atoms with van der Waals surface area (Å²) >= 11 is 0. The number of carboxylic acids is 1. The first-order valence-corrected chi connectivity index (χ1v) is 6.91. The first-order chi connectivity index (χ1) is 8.68. The quantitative estimate of drug-likeness (QED) is 0.780. The fourth-order valence-corrected chi connectivity index (χ4v) is 3.05. The number of carboxylic acid groups (broad SMARTS) is 1. The smallest absolute Gasteiger partial charge is 0.323 e. The molecule has 0 spiro atoms. The van der Waals surface area contributed by atoms with Gasteiger partial charge in [0.2, 0.25) is 5.91 Å². The van der Waals surface area contributed by atoms with E-state index in [2.05, 4.69) is 5.32 Å². The number of carbonyl (C=O) groups excluding carboxylic acids is 1. The fraction of sp³-hybridized carbons (Fsp3) is 0.846. The van der Waals surface area contributed by atoms with E-state index in [0.717, 1.165) is 45.1 Å². The molecule has 5 heteroatoms. The van der Waals surface area contributed by atoms with Gasteiger partial charge in [-0.25, -0.2) is 0 Å². The summed E-state index contributed by atoms with van der Waals surface area (Å²) < 4.78 is 0. The standard InChI is InChI=1S/C13H22N2O3/c16-12(17)9-15(11-5-1-2-6-11)13(18)10-4-3-7-14-8-10/h10-11,14H,1-9H2,(H,16,17). The van der Waals surface area contributed by atoms with Crippen LogP contribution in [0.3, 0.4) is 0 Å². The number of nitrogens with zero attached hydrogens (tertiary/aromatic N) is 1. The lowest BCUT2D eigenvalue weighted by Crippen LogP contribution is -2.48. The second kappa shape index (κ2) is 6.18. The Balaban J connectivity index is 2.01. The Morgan fingerprint density at radius 2 is 1.89 bits per heavy atom. The molecule has 1 saturated heterocycles. The molecule has 102 valence electrons. The van der Waals surface area contributed by atoms with Crippen molar-refractivity contribution in [2.45, 2.75) is 44.6 Å². The number of rotatable bonds is 4. The lowest BCUT2D eigenvalue weighted by Gasteiger charge is -2.32. The predicted octanol–water partition coefficient (Wildman–Crippen LogP) is 0.842. The molecule has 0 aromatic heterocycles. The first-order valence-electron chi connectivity index (χ1n) is 6.91. The molecule has 2 N–H and O–H groups in total. The van der Waals surface area contributed by atoms with E-state index >= 15 is 0 Å². The van der Waals surface area contributed by atoms with Crippen molar-refractivity contribution in [2.75, 3.05) is 19.6 Å². The minimum atomic E-state index is -0.904. The monoisotopic (exact) mass is 254 g/mol. The average molecular weight is 254 g/mol. The van der Waals surface area contributed by atoms with Crippen molar-refractivity contribution in [1.82, 2.24) is 10.2 Å². The van der Waals surface area contributed by atoms with Crippen LogP contribution < -0.4 is 5.32 Å². The predicted molar refractivity (Wildman–Crippen MR) is 67.2 cm³/mol. The van der Waals surface area contributed by atoms with Gasteiger partial charge in [0.1, 0.15) is 6.54 Å². The molecule has 1 atom stereocenters. The molecule has 2 aliphatic rings. The van der Waals surface area contributed by atoms with Gasteiger partial charge in [-0.3, -0.25) is 9.59 Å². The second-order valence-corrected chi connectivity index (χ2v) is 5.34. The van der Waals surface area contributed by atoms with Crippen LogP contribution in [-0.2, 0) is 9.59 Å². The van der Waals surface area contributed by atoms with Crippen molar-refractivity contribution in [3.63, 3.8) is 0 Å². The van der Waals surface area contributed by atoms with Crippen molar-refractivity contribution in [1.29, 1.82) is 0 Å². The van der Waals surface area contributed by atoms with Crippen molar-refractivity contribution in [3.8, 4) is 0 Å². The van der Waals surface area contributed by atoms with E-state index in [9.17, 15) is 9.59 Å². The lowest BCUT2D eigenvalue weighted by molar-refractivity contribution is -0.148. The molecule has 1 amide bonds. The number of nitrogens with one attached hydrogen (secondary N) is 1. The van der Waals surface area contributed by atoms with Gasteiger partial charge in [-0.05, 0) is 32.2 Å². The van der Waals surface area contributed by atoms with Crippen LogP contribution in [0.5, 0.6) is 0 Å². The van der Waals surface area contributed by atoms with Gasteiger partial charge in [0.15, 0.2) is 0 Å². The molecule has 1 saturated carbocycles. The number of carbonyl (C=O) groups is 2. The minimum Gasteiger partial charge on any atom is -0.480 e. The molecule has 2 fully saturated rings. The van der Waals surface area contributed by atoms with Gasteiger partial charge in [0.25, 0.3) is 0 Å². The van der Waals surface area contributed by atoms with E-state index < -0.39 is 5.97 Å². The summed E-state index contributed by atoms with van der Waals surface area (Å²) in [5.41, 5.74) is 0. The van der Waals surface area contributed by atoms with Crippen LogP contribution in [0.4, 0.5) is 0 Å². The van der Waals surface area contributed by atoms with Gasteiger partial charge in [0.05, 0.1) is 5.92 Å². The second-order valence-electron chi connectivity index (χ2n) is 5.34. The Hall–Kier alpha value is -1.10. The van der Waals surface area contributed by atoms with E-state index in [-0.39, 0.29) is 24.4 Å². The summed E-state index contributed by atoms with van der Waals surface area (Å²) in [6.45, 7) is 1.52. The zero-order valence-corrected chi connectivity index (χ0v) is 10.7. The molecular formula is C13H22N2O3. The summed E-state index contributed by atoms with van der Waals surface area (Å²) in [5.74, 6) is -0.894. The highest BCUT2D eigenvalue weighted by atomic mass is 16.4. The summed E-state index contributed by atoms with van der Waals surface area (Å²) in [6, 6.07) is 0.149. The van der Waals surface area contributed by atoms with E-state index in [1.165, 1.54) is 0 Å². The molecule has 1 unspecified atom stereocenters. The fourth-order valence-electron chi connectivity index (χ4n) is 3.05. The molecular weight excluding hydrogens is 232 g/mol. The summed E-state index contributed by atoms with van der Waals surface area (Å²) in [6.07, 6.45) is 6.02. The van der Waals surface area contributed by atoms with Gasteiger partial charge in [0, 0.05) is 12.6 Å². The van der Waals surface area contributed by atoms with Crippen LogP contribution in [0.1, 0.15) is 38.5 Å². The van der Waals surface area contributed by atoms with Crippen LogP contribution in [-0.4, -0.2) is 47.6 Å². The normalized spacial score (nSPS) is 25.0. The maximum Gasteiger partial charge on any atom is 0.323 e. The Labute approximate surface area is 108 Å². The zero-order chi connectivity index (χ0) is 13.0. The van der Waals surface area contributed by atoms with Gasteiger partial charge in [-0.1, -0.05) is 12.8 Å². The first kappa shape index (κ1) is 13.3. The van der Waals surface area contributed by atoms with Gasteiger partial charge < -0.3 is 15.3 Å². The molecule has 2 rings (SSSR count). The van der Waals surface area contributed by atoms with E-state index in [0.29, 0.717) is 6.54 Å². The Morgan fingerprint density at radius 1 is 1.17 bits per heavy atom. The number of aliphatic carboxylic acids is 1. The maximum atomic E-state index is 12.4. The molecule has 0 radical (unpaired) electrons. The summed E-state index contributed by atoms with van der Waals surface area (Å²) in [7, 11) is 0. The van der Waals surface area contributed by atoms with Crippen LogP contribution in [0.25, 0.3) is 0 Å². The highest BCUT2D eigenvalue weighted by Gasteiger charge is 2.33. The van der Waals surface area contributed by atoms with Gasteiger partial charge in [-0.2, -0.15) is 0 Å². The number of amides is 1. The van der Waals surface area contributed by atoms with Gasteiger partial charge >= 0.3 is 5.97 Å². The Bertz CT molecular complexity index is 307. The average Bonchev–Trinajstić information content (AvgIpc) is 2.89. The summed E-state index contributed by atoms with van der Waals surface area (Å²) in [5, 5.41) is 12.2. The van der Waals surface area contributed by atoms with Crippen molar-refractivity contribution < 1.29 is 14.7 Å². The maximum absolute atomic E-state index is 12.4. The van der Waals surface area contributed by atoms with Crippen LogP contribution in [0, 0.1) is 5.92 Å². The van der Waals surface area contributed by atoms with Crippen molar-refractivity contribution >= 4 is 11.9 Å². The molecule has 0 bridgehead atoms. The van der Waals surface area contributed by atoms with Crippen LogP contribution in [0.2, 0.25) is 0 Å². The van der Waals surface area contributed by atoms with Crippen molar-refractivity contribution in [3.05, 3.63) is 0 Å². The van der Waals surface area contributed by atoms with Crippen LogP contribution in [0.15, 0.2) is 0 Å². The minimum absolute atomic E-state index is 0.0290. The third-order valence-corrected chi connectivity index (χ3v) is 4.00. The van der Waals surface area contributed by atoms with E-state index in [1.54, 1.807) is 4.90 Å². The topological polar surface area (TPSA) is 69.6 Å². The number of hydrogen-bond donors (Lipinski definition) is 2. The Kier molecular flexibility index (Phi) is 4.58. The van der Waals surface area contributed by atoms with E-state index in [1.807, 2.05) is 0 Å². The molecule has 1 heterocycles. The third kappa shape index (κ3) is 3.22. The van der Waals surface area contributed by atoms with Gasteiger partial charge in [-0.15, -0.1) is 0 Å². The lowest BCUT2D eigenvalue weighted by atomic mass is 9.97. The van der Waals surface area contributed by atoms with Crippen LogP contribution >= 0.6 is 0 Å². The van der Waals surface area contributed by atoms with E-state index in [4.69, 9.17) is 5.11 Å². The molecule has 0 aromatic rings. The highest BCUT2D eigenvalue weighted by Crippen LogP contribution is 2.25. The third-order valence-electron chi connectivity index (χ3n) is 4.00. The zero-order valence-electron chi connectivity index (χ0n) is 10.7. The van der Waals surface area contributed by atoms with Crippen molar-refractivity contribution in [2.24, 2.45) is 5.92 Å².